The number of unbranched alkanes of at least 4 members (excludes halogenated alkanes) is 2. The highest BCUT2D eigenvalue weighted by Gasteiger charge is 2.41. The number of thiophene rings is 2. The summed E-state index contributed by atoms with van der Waals surface area (Å²) in [6, 6.07) is 24.1. The Bertz CT molecular complexity index is 3220. The van der Waals surface area contributed by atoms with Crippen LogP contribution in [0.4, 0.5) is 0 Å². The number of benzene rings is 2. The molecule has 0 spiro atoms. The van der Waals surface area contributed by atoms with Crippen LogP contribution in [0.2, 0.25) is 6.04 Å². The minimum atomic E-state index is -1.73. The molecule has 9 heterocycles. The van der Waals surface area contributed by atoms with Gasteiger partial charge in [-0.3, -0.25) is 0 Å². The lowest BCUT2D eigenvalue weighted by Gasteiger charge is -2.26. The monoisotopic (exact) mass is 920 g/mol. The summed E-state index contributed by atoms with van der Waals surface area (Å²) in [5.74, 6) is 3.03. The van der Waals surface area contributed by atoms with Crippen molar-refractivity contribution in [3.63, 3.8) is 0 Å². The first kappa shape index (κ1) is 40.8. The van der Waals surface area contributed by atoms with E-state index in [-0.39, 0.29) is 0 Å². The number of para-hydroxylation sites is 2. The second-order valence-electron chi connectivity index (χ2n) is 17.4. The van der Waals surface area contributed by atoms with Crippen LogP contribution in [-0.4, -0.2) is 36.3 Å². The van der Waals surface area contributed by atoms with E-state index < -0.39 is 8.80 Å². The molecule has 10 aromatic rings. The average molecular weight is 921 g/mol. The van der Waals surface area contributed by atoms with Gasteiger partial charge in [-0.1, -0.05) is 116 Å². The molecule has 1 aliphatic heterocycles. The van der Waals surface area contributed by atoms with E-state index in [4.69, 9.17) is 36.3 Å². The number of fused-ring (bicyclic) bond motifs is 7. The molecule has 0 saturated carbocycles. The SMILES string of the molecule is CCCCC(CC)C[SiH]1c2cc(-c3cnc(-c4cc5ccccc5o4)c4nsnc34)sc2-c2sc(-c3cnc(-c4cc5ccccc5o4)c4nsnc34)c(C(C)C(C)CCCC)c21. The van der Waals surface area contributed by atoms with E-state index in [0.29, 0.717) is 17.8 Å². The molecular weight excluding hydrogens is 873 g/mol. The van der Waals surface area contributed by atoms with Crippen molar-refractivity contribution in [1.29, 1.82) is 0 Å². The highest BCUT2D eigenvalue weighted by molar-refractivity contribution is 7.30. The number of furan rings is 2. The lowest BCUT2D eigenvalue weighted by Crippen LogP contribution is -2.41. The Morgan fingerprint density at radius 3 is 1.84 bits per heavy atom. The minimum absolute atomic E-state index is 0.373. The van der Waals surface area contributed by atoms with E-state index >= 15 is 0 Å². The fourth-order valence-corrected chi connectivity index (χ4v) is 19.3. The highest BCUT2D eigenvalue weighted by atomic mass is 32.1. The molecular formula is C50H48N6O2S4Si. The number of pyridine rings is 2. The first-order chi connectivity index (χ1) is 30.9. The zero-order valence-electron chi connectivity index (χ0n) is 36.1. The summed E-state index contributed by atoms with van der Waals surface area (Å²) >= 11 is 6.40. The van der Waals surface area contributed by atoms with Gasteiger partial charge in [-0.2, -0.15) is 17.5 Å². The predicted octanol–water partition coefficient (Wildman–Crippen LogP) is 14.2. The molecule has 0 N–H and O–H groups in total. The van der Waals surface area contributed by atoms with Gasteiger partial charge in [0.2, 0.25) is 0 Å². The molecule has 0 bridgehead atoms. The standard InChI is InChI=1S/C50H48N6O2S4Si/c1-6-9-15-27(4)28(5)40-47(33-25-52-44(46-42(33)54-62-56-46)37-22-31-18-12-14-20-35(31)58-37)60-49-48-39(63(50(40)49)26-29(8-3)16-10-7-2)23-38(59-48)32-24-51-43(45-41(32)53-61-55-45)36-21-30-17-11-13-19-34(30)57-36/h11-14,17-25,27-29,63H,6-10,15-16,26H2,1-5H3. The van der Waals surface area contributed by atoms with Gasteiger partial charge in [0.1, 0.15) is 53.4 Å². The maximum atomic E-state index is 6.36. The number of hydrogen-bond donors (Lipinski definition) is 0. The normalized spacial score (nSPS) is 15.2. The number of aromatic nitrogens is 6. The molecule has 0 aliphatic carbocycles. The summed E-state index contributed by atoms with van der Waals surface area (Å²) in [7, 11) is -1.73. The van der Waals surface area contributed by atoms with Crippen LogP contribution < -0.4 is 10.4 Å². The van der Waals surface area contributed by atoms with Crippen molar-refractivity contribution in [2.45, 2.75) is 91.5 Å². The molecule has 0 radical (unpaired) electrons. The van der Waals surface area contributed by atoms with E-state index in [1.807, 2.05) is 65.3 Å². The molecule has 318 valence electrons. The molecule has 4 atom stereocenters. The van der Waals surface area contributed by atoms with Gasteiger partial charge in [-0.15, -0.1) is 22.7 Å². The lowest BCUT2D eigenvalue weighted by atomic mass is 9.84. The van der Waals surface area contributed by atoms with Crippen LogP contribution in [0.1, 0.15) is 91.0 Å². The summed E-state index contributed by atoms with van der Waals surface area (Å²) in [5.41, 5.74) is 10.2. The van der Waals surface area contributed by atoms with E-state index in [2.05, 4.69) is 71.1 Å². The zero-order chi connectivity index (χ0) is 42.8. The van der Waals surface area contributed by atoms with Gasteiger partial charge in [0.15, 0.2) is 11.5 Å². The number of hydrogen-bond acceptors (Lipinski definition) is 12. The third-order valence-electron chi connectivity index (χ3n) is 13.5. The van der Waals surface area contributed by atoms with Gasteiger partial charge >= 0.3 is 0 Å². The topological polar surface area (TPSA) is 104 Å². The van der Waals surface area contributed by atoms with Gasteiger partial charge in [0.05, 0.1) is 23.5 Å². The van der Waals surface area contributed by atoms with Crippen molar-refractivity contribution in [2.75, 3.05) is 0 Å². The van der Waals surface area contributed by atoms with E-state index in [0.717, 1.165) is 78.0 Å². The summed E-state index contributed by atoms with van der Waals surface area (Å²) < 4.78 is 32.3. The largest absolute Gasteiger partial charge is 0.454 e. The van der Waals surface area contributed by atoms with Gasteiger partial charge in [-0.25, -0.2) is 9.97 Å². The van der Waals surface area contributed by atoms with Crippen molar-refractivity contribution in [3.8, 4) is 53.5 Å². The Morgan fingerprint density at radius 1 is 0.635 bits per heavy atom. The minimum Gasteiger partial charge on any atom is -0.454 e. The van der Waals surface area contributed by atoms with Crippen molar-refractivity contribution in [3.05, 3.63) is 84.7 Å². The second kappa shape index (κ2) is 16.9. The zero-order valence-corrected chi connectivity index (χ0v) is 40.5. The maximum absolute atomic E-state index is 6.36. The van der Waals surface area contributed by atoms with E-state index in [1.165, 1.54) is 94.0 Å². The molecule has 0 amide bonds. The summed E-state index contributed by atoms with van der Waals surface area (Å²) in [6.45, 7) is 12.0. The highest BCUT2D eigenvalue weighted by Crippen LogP contribution is 2.50. The van der Waals surface area contributed by atoms with Gasteiger partial charge < -0.3 is 8.83 Å². The third-order valence-corrected chi connectivity index (χ3v) is 21.2. The average Bonchev–Trinajstić information content (AvgIpc) is 4.17. The summed E-state index contributed by atoms with van der Waals surface area (Å²) in [6.07, 6.45) is 12.7. The maximum Gasteiger partial charge on any atom is 0.156 e. The quantitative estimate of drug-likeness (QED) is 0.0937. The third kappa shape index (κ3) is 7.02. The first-order valence-electron chi connectivity index (χ1n) is 22.5. The Kier molecular flexibility index (Phi) is 10.9. The molecule has 63 heavy (non-hydrogen) atoms. The smallest absolute Gasteiger partial charge is 0.156 e. The predicted molar refractivity (Wildman–Crippen MR) is 268 cm³/mol. The Labute approximate surface area is 384 Å². The van der Waals surface area contributed by atoms with Crippen molar-refractivity contribution in [1.82, 2.24) is 27.5 Å². The fraction of sp³-hybridized carbons (Fsp3) is 0.320. The van der Waals surface area contributed by atoms with Crippen LogP contribution in [-0.2, 0) is 0 Å². The van der Waals surface area contributed by atoms with Crippen LogP contribution in [0, 0.1) is 11.8 Å². The number of rotatable bonds is 15. The summed E-state index contributed by atoms with van der Waals surface area (Å²) in [4.78, 5) is 15.7. The molecule has 13 heteroatoms. The Balaban J connectivity index is 1.08. The molecule has 0 fully saturated rings. The molecule has 0 saturated heterocycles. The summed E-state index contributed by atoms with van der Waals surface area (Å²) in [5, 5.41) is 5.36. The van der Waals surface area contributed by atoms with Crippen LogP contribution in [0.3, 0.4) is 0 Å². The van der Waals surface area contributed by atoms with Crippen molar-refractivity contribution in [2.24, 2.45) is 11.8 Å². The van der Waals surface area contributed by atoms with Crippen LogP contribution in [0.25, 0.3) is 97.5 Å². The van der Waals surface area contributed by atoms with Crippen molar-refractivity contribution < 1.29 is 8.83 Å². The van der Waals surface area contributed by atoms with Crippen molar-refractivity contribution >= 4 is 109 Å². The second-order valence-corrected chi connectivity index (χ2v) is 23.3. The molecule has 11 rings (SSSR count). The Hall–Kier alpha value is -4.92. The fourth-order valence-electron chi connectivity index (χ4n) is 9.82. The molecule has 8 nitrogen and oxygen atoms in total. The van der Waals surface area contributed by atoms with Gasteiger partial charge in [0, 0.05) is 53.8 Å². The van der Waals surface area contributed by atoms with E-state index in [1.54, 1.807) is 15.9 Å². The molecule has 4 unspecified atom stereocenters. The van der Waals surface area contributed by atoms with E-state index in [9.17, 15) is 0 Å². The lowest BCUT2D eigenvalue weighted by molar-refractivity contribution is 0.439. The van der Waals surface area contributed by atoms with Crippen LogP contribution in [0.15, 0.2) is 88.0 Å². The van der Waals surface area contributed by atoms with Gasteiger partial charge in [-0.05, 0) is 70.1 Å². The van der Waals surface area contributed by atoms with Crippen LogP contribution >= 0.6 is 46.1 Å². The molecule has 8 aromatic heterocycles. The molecule has 1 aliphatic rings. The number of nitrogens with zero attached hydrogens (tertiary/aromatic N) is 6. The van der Waals surface area contributed by atoms with Gasteiger partial charge in [0.25, 0.3) is 0 Å². The van der Waals surface area contributed by atoms with Crippen LogP contribution in [0.5, 0.6) is 0 Å². The first-order valence-corrected chi connectivity index (χ1v) is 27.5. The Morgan fingerprint density at radius 2 is 1.22 bits per heavy atom. The molecule has 2 aromatic carbocycles.